The molecule has 0 radical (unpaired) electrons. The van der Waals surface area contributed by atoms with Crippen LogP contribution >= 0.6 is 23.4 Å². The quantitative estimate of drug-likeness (QED) is 0.393. The average molecular weight is 384 g/mol. The number of halogens is 1. The molecule has 0 bridgehead atoms. The van der Waals surface area contributed by atoms with Crippen molar-refractivity contribution in [1.82, 2.24) is 10.4 Å². The van der Waals surface area contributed by atoms with Crippen LogP contribution in [0.15, 0.2) is 58.5 Å². The third-order valence-corrected chi connectivity index (χ3v) is 4.99. The lowest BCUT2D eigenvalue weighted by molar-refractivity contribution is -0.118. The summed E-state index contributed by atoms with van der Waals surface area (Å²) in [6.07, 6.45) is 1.59. The summed E-state index contributed by atoms with van der Waals surface area (Å²) >= 11 is 7.32. The predicted molar refractivity (Wildman–Crippen MR) is 109 cm³/mol. The molecule has 132 valence electrons. The van der Waals surface area contributed by atoms with E-state index in [2.05, 4.69) is 21.6 Å². The number of benzene rings is 2. The highest BCUT2D eigenvalue weighted by atomic mass is 35.5. The van der Waals surface area contributed by atoms with Crippen molar-refractivity contribution in [2.75, 3.05) is 5.75 Å². The molecule has 1 heterocycles. The zero-order valence-corrected chi connectivity index (χ0v) is 16.1. The van der Waals surface area contributed by atoms with Gasteiger partial charge in [-0.1, -0.05) is 35.4 Å². The second kappa shape index (κ2) is 8.34. The number of hydrogen-bond acceptors (Lipinski definition) is 4. The van der Waals surface area contributed by atoms with Gasteiger partial charge < -0.3 is 0 Å². The van der Waals surface area contributed by atoms with Crippen LogP contribution in [0, 0.1) is 13.8 Å². The molecule has 0 aliphatic carbocycles. The summed E-state index contributed by atoms with van der Waals surface area (Å²) in [5.74, 6) is 0.125. The van der Waals surface area contributed by atoms with E-state index in [-0.39, 0.29) is 11.7 Å². The van der Waals surface area contributed by atoms with Crippen LogP contribution in [0.5, 0.6) is 0 Å². The molecule has 0 aliphatic heterocycles. The monoisotopic (exact) mass is 383 g/mol. The summed E-state index contributed by atoms with van der Waals surface area (Å²) in [7, 11) is 0. The third kappa shape index (κ3) is 4.84. The number of aryl methyl sites for hydroxylation is 2. The van der Waals surface area contributed by atoms with Gasteiger partial charge in [0.25, 0.3) is 0 Å². The van der Waals surface area contributed by atoms with E-state index in [1.165, 1.54) is 17.3 Å². The maximum atomic E-state index is 12.1. The van der Waals surface area contributed by atoms with Gasteiger partial charge in [0.05, 0.1) is 17.5 Å². The normalized spacial score (nSPS) is 11.2. The number of fused-ring (bicyclic) bond motifs is 1. The van der Waals surface area contributed by atoms with Crippen molar-refractivity contribution in [3.05, 3.63) is 70.4 Å². The molecular formula is C20H18ClN3OS. The first-order valence-electron chi connectivity index (χ1n) is 8.09. The molecule has 1 aromatic heterocycles. The molecular weight excluding hydrogens is 366 g/mol. The Balaban J connectivity index is 1.63. The minimum Gasteiger partial charge on any atom is -0.272 e. The second-order valence-electron chi connectivity index (χ2n) is 5.92. The number of hydrogen-bond donors (Lipinski definition) is 1. The Morgan fingerprint density at radius 3 is 2.73 bits per heavy atom. The molecule has 0 fully saturated rings. The van der Waals surface area contributed by atoms with Crippen LogP contribution in [-0.2, 0) is 4.79 Å². The number of amides is 1. The maximum absolute atomic E-state index is 12.1. The van der Waals surface area contributed by atoms with Crippen LogP contribution in [0.3, 0.4) is 0 Å². The molecule has 3 rings (SSSR count). The van der Waals surface area contributed by atoms with Crippen LogP contribution in [-0.4, -0.2) is 22.9 Å². The predicted octanol–water partition coefficient (Wildman–Crippen LogP) is 4.75. The minimum atomic E-state index is -0.157. The van der Waals surface area contributed by atoms with Crippen molar-refractivity contribution >= 4 is 46.4 Å². The zero-order chi connectivity index (χ0) is 18.5. The van der Waals surface area contributed by atoms with Crippen molar-refractivity contribution in [1.29, 1.82) is 0 Å². The van der Waals surface area contributed by atoms with E-state index in [0.717, 1.165) is 27.1 Å². The topological polar surface area (TPSA) is 54.4 Å². The lowest BCUT2D eigenvalue weighted by Gasteiger charge is -2.08. The number of hydrazone groups is 1. The maximum Gasteiger partial charge on any atom is 0.250 e. The van der Waals surface area contributed by atoms with Gasteiger partial charge in [-0.05, 0) is 49.7 Å². The van der Waals surface area contributed by atoms with E-state index in [4.69, 9.17) is 11.6 Å². The largest absolute Gasteiger partial charge is 0.272 e. The number of nitrogens with zero attached hydrogens (tertiary/aromatic N) is 2. The molecule has 3 aromatic rings. The fourth-order valence-corrected chi connectivity index (χ4v) is 3.51. The second-order valence-corrected chi connectivity index (χ2v) is 7.37. The van der Waals surface area contributed by atoms with E-state index in [0.29, 0.717) is 5.02 Å². The molecule has 6 heteroatoms. The highest BCUT2D eigenvalue weighted by Crippen LogP contribution is 2.28. The molecule has 0 unspecified atom stereocenters. The fourth-order valence-electron chi connectivity index (χ4n) is 2.46. The number of carbonyl (C=O) groups excluding carboxylic acids is 1. The van der Waals surface area contributed by atoms with Crippen LogP contribution in [0.4, 0.5) is 0 Å². The summed E-state index contributed by atoms with van der Waals surface area (Å²) in [4.78, 5) is 17.7. The molecule has 0 atom stereocenters. The first kappa shape index (κ1) is 18.4. The molecule has 1 amide bonds. The van der Waals surface area contributed by atoms with E-state index >= 15 is 0 Å². The number of aromatic nitrogens is 1. The van der Waals surface area contributed by atoms with E-state index in [1.807, 2.05) is 44.2 Å². The highest BCUT2D eigenvalue weighted by molar-refractivity contribution is 8.00. The first-order valence-corrected chi connectivity index (χ1v) is 9.46. The number of thioether (sulfide) groups is 1. The summed E-state index contributed by atoms with van der Waals surface area (Å²) in [6, 6.07) is 15.4. The van der Waals surface area contributed by atoms with E-state index in [9.17, 15) is 4.79 Å². The Hall–Kier alpha value is -2.37. The average Bonchev–Trinajstić information content (AvgIpc) is 2.62. The third-order valence-electron chi connectivity index (χ3n) is 3.69. The Morgan fingerprint density at radius 2 is 1.96 bits per heavy atom. The van der Waals surface area contributed by atoms with Gasteiger partial charge in [0.1, 0.15) is 0 Å². The molecule has 2 aromatic carbocycles. The minimum absolute atomic E-state index is 0.157. The number of pyridine rings is 1. The van der Waals surface area contributed by atoms with Crippen molar-refractivity contribution in [2.45, 2.75) is 18.7 Å². The number of rotatable bonds is 5. The van der Waals surface area contributed by atoms with Gasteiger partial charge in [-0.15, -0.1) is 11.8 Å². The van der Waals surface area contributed by atoms with Crippen molar-refractivity contribution < 1.29 is 4.79 Å². The lowest BCUT2D eigenvalue weighted by atomic mass is 10.1. The van der Waals surface area contributed by atoms with Gasteiger partial charge in [0, 0.05) is 21.0 Å². The van der Waals surface area contributed by atoms with Gasteiger partial charge in [0.15, 0.2) is 0 Å². The van der Waals surface area contributed by atoms with Crippen molar-refractivity contribution in [3.8, 4) is 0 Å². The molecule has 0 saturated heterocycles. The fraction of sp³-hybridized carbons (Fsp3) is 0.150. The van der Waals surface area contributed by atoms with E-state index < -0.39 is 0 Å². The summed E-state index contributed by atoms with van der Waals surface area (Å²) in [6.45, 7) is 4.01. The van der Waals surface area contributed by atoms with Gasteiger partial charge in [0.2, 0.25) is 5.91 Å². The molecule has 1 N–H and O–H groups in total. The Bertz CT molecular complexity index is 971. The summed E-state index contributed by atoms with van der Waals surface area (Å²) in [5, 5.41) is 5.72. The zero-order valence-electron chi connectivity index (χ0n) is 14.5. The molecule has 26 heavy (non-hydrogen) atoms. The molecule has 0 aliphatic rings. The number of carbonyl (C=O) groups is 1. The van der Waals surface area contributed by atoms with Crippen LogP contribution in [0.1, 0.15) is 16.8 Å². The summed E-state index contributed by atoms with van der Waals surface area (Å²) < 4.78 is 0. The molecule has 4 nitrogen and oxygen atoms in total. The first-order chi connectivity index (χ1) is 12.5. The van der Waals surface area contributed by atoms with Crippen LogP contribution < -0.4 is 5.43 Å². The SMILES string of the molecule is Cc1ccc2nc(C)cc(SCC(=O)N/N=C\c3ccc(Cl)cc3)c2c1. The van der Waals surface area contributed by atoms with Crippen molar-refractivity contribution in [2.24, 2.45) is 5.10 Å². The Labute approximate surface area is 161 Å². The van der Waals surface area contributed by atoms with Gasteiger partial charge >= 0.3 is 0 Å². The smallest absolute Gasteiger partial charge is 0.250 e. The molecule has 0 saturated carbocycles. The highest BCUT2D eigenvalue weighted by Gasteiger charge is 2.08. The number of nitrogens with one attached hydrogen (secondary N) is 1. The van der Waals surface area contributed by atoms with Crippen LogP contribution in [0.2, 0.25) is 5.02 Å². The van der Waals surface area contributed by atoms with Crippen molar-refractivity contribution in [3.63, 3.8) is 0 Å². The Morgan fingerprint density at radius 1 is 1.19 bits per heavy atom. The lowest BCUT2D eigenvalue weighted by Crippen LogP contribution is -2.19. The van der Waals surface area contributed by atoms with Gasteiger partial charge in [-0.25, -0.2) is 5.43 Å². The summed E-state index contributed by atoms with van der Waals surface area (Å²) in [5.41, 5.74) is 6.47. The molecule has 0 spiro atoms. The van der Waals surface area contributed by atoms with Crippen LogP contribution in [0.25, 0.3) is 10.9 Å². The Kier molecular flexibility index (Phi) is 5.91. The van der Waals surface area contributed by atoms with Gasteiger partial charge in [-0.3, -0.25) is 9.78 Å². The van der Waals surface area contributed by atoms with E-state index in [1.54, 1.807) is 18.3 Å². The standard InChI is InChI=1S/C20H18ClN3OS/c1-13-3-8-18-17(9-13)19(10-14(2)23-18)26-12-20(25)24-22-11-15-4-6-16(21)7-5-15/h3-11H,12H2,1-2H3,(H,24,25)/b22-11-. The van der Waals surface area contributed by atoms with Gasteiger partial charge in [-0.2, -0.15) is 5.10 Å².